The minimum atomic E-state index is -2.04. The van der Waals surface area contributed by atoms with Gasteiger partial charge in [-0.25, -0.2) is 0 Å². The molecule has 1 aliphatic rings. The van der Waals surface area contributed by atoms with E-state index in [0.29, 0.717) is 6.42 Å². The summed E-state index contributed by atoms with van der Waals surface area (Å²) >= 11 is 0. The number of ether oxygens (including phenoxy) is 2. The molecule has 0 aromatic carbocycles. The molecule has 0 aromatic rings. The lowest BCUT2D eigenvalue weighted by Gasteiger charge is -2.42. The Morgan fingerprint density at radius 1 is 0.861 bits per heavy atom. The Bertz CT molecular complexity index is 582. The Balaban J connectivity index is 2.48. The number of aliphatic hydroxyl groups excluding tert-OH is 8. The van der Waals surface area contributed by atoms with Gasteiger partial charge in [-0.3, -0.25) is 4.79 Å². The fourth-order valence-electron chi connectivity index (χ4n) is 4.10. The highest BCUT2D eigenvalue weighted by molar-refractivity contribution is 5.81. The van der Waals surface area contributed by atoms with E-state index in [2.05, 4.69) is 12.2 Å². The highest BCUT2D eigenvalue weighted by Crippen LogP contribution is 2.25. The smallest absolute Gasteiger partial charge is 0.251 e. The van der Waals surface area contributed by atoms with Crippen LogP contribution in [0.25, 0.3) is 0 Å². The molecule has 9 atom stereocenters. The summed E-state index contributed by atoms with van der Waals surface area (Å²) in [5, 5.41) is 81.8. The predicted octanol–water partition coefficient (Wildman–Crippen LogP) is -1.72. The minimum Gasteiger partial charge on any atom is -0.394 e. The first-order valence-corrected chi connectivity index (χ1v) is 13.1. The van der Waals surface area contributed by atoms with Gasteiger partial charge in [0, 0.05) is 6.54 Å². The molecule has 36 heavy (non-hydrogen) atoms. The van der Waals surface area contributed by atoms with Crippen LogP contribution in [0.5, 0.6) is 0 Å². The Morgan fingerprint density at radius 3 is 1.94 bits per heavy atom. The molecule has 1 fully saturated rings. The van der Waals surface area contributed by atoms with Crippen molar-refractivity contribution < 1.29 is 55.1 Å². The first kappa shape index (κ1) is 33.1. The van der Waals surface area contributed by atoms with E-state index < -0.39 is 74.2 Å². The van der Waals surface area contributed by atoms with Crippen molar-refractivity contribution in [3.05, 3.63) is 0 Å². The van der Waals surface area contributed by atoms with Crippen molar-refractivity contribution in [1.82, 2.24) is 5.32 Å². The number of carbonyl (C=O) groups is 1. The highest BCUT2D eigenvalue weighted by atomic mass is 16.7. The molecule has 12 nitrogen and oxygen atoms in total. The fraction of sp³-hybridized carbons (Fsp3) is 0.958. The first-order valence-electron chi connectivity index (χ1n) is 13.1. The van der Waals surface area contributed by atoms with Gasteiger partial charge in [0.1, 0.15) is 42.7 Å². The van der Waals surface area contributed by atoms with Crippen LogP contribution in [-0.2, 0) is 14.3 Å². The lowest BCUT2D eigenvalue weighted by Crippen LogP contribution is -2.62. The average Bonchev–Trinajstić information content (AvgIpc) is 2.88. The zero-order valence-electron chi connectivity index (χ0n) is 21.2. The number of rotatable bonds is 19. The van der Waals surface area contributed by atoms with Gasteiger partial charge in [-0.1, -0.05) is 64.7 Å². The van der Waals surface area contributed by atoms with Gasteiger partial charge in [0.2, 0.25) is 0 Å². The van der Waals surface area contributed by atoms with Gasteiger partial charge >= 0.3 is 0 Å². The van der Waals surface area contributed by atoms with Gasteiger partial charge in [0.15, 0.2) is 12.4 Å². The number of unbranched alkanes of at least 4 members (excludes halogenated alkanes) is 9. The van der Waals surface area contributed by atoms with E-state index in [-0.39, 0.29) is 6.54 Å². The Kier molecular flexibility index (Phi) is 16.9. The molecule has 9 N–H and O–H groups in total. The van der Waals surface area contributed by atoms with Crippen LogP contribution >= 0.6 is 0 Å². The zero-order chi connectivity index (χ0) is 27.1. The van der Waals surface area contributed by atoms with Gasteiger partial charge in [-0.2, -0.15) is 0 Å². The van der Waals surface area contributed by atoms with Crippen LogP contribution in [0.15, 0.2) is 0 Å². The van der Waals surface area contributed by atoms with Crippen molar-refractivity contribution in [1.29, 1.82) is 0 Å². The van der Waals surface area contributed by atoms with Crippen LogP contribution in [-0.4, -0.2) is 122 Å². The van der Waals surface area contributed by atoms with E-state index in [9.17, 15) is 45.6 Å². The van der Waals surface area contributed by atoms with Crippen LogP contribution in [0.4, 0.5) is 0 Å². The molecular weight excluding hydrogens is 478 g/mol. The molecule has 1 rings (SSSR count). The molecular formula is C24H47NO11. The van der Waals surface area contributed by atoms with E-state index in [4.69, 9.17) is 9.47 Å². The maximum atomic E-state index is 12.3. The second-order valence-electron chi connectivity index (χ2n) is 9.46. The molecule has 0 spiro atoms. The maximum Gasteiger partial charge on any atom is 0.251 e. The monoisotopic (exact) mass is 525 g/mol. The number of hydrogen-bond acceptors (Lipinski definition) is 11. The molecule has 0 radical (unpaired) electrons. The summed E-state index contributed by atoms with van der Waals surface area (Å²) in [6.07, 6.45) is -4.81. The van der Waals surface area contributed by atoms with Crippen LogP contribution in [0.3, 0.4) is 0 Å². The summed E-state index contributed by atoms with van der Waals surface area (Å²) in [5.74, 6) is -0.911. The number of nitrogens with one attached hydrogen (secondary N) is 1. The van der Waals surface area contributed by atoms with E-state index in [0.717, 1.165) is 19.3 Å². The lowest BCUT2D eigenvalue weighted by molar-refractivity contribution is -0.326. The molecule has 214 valence electrons. The molecule has 0 bridgehead atoms. The molecule has 1 aliphatic heterocycles. The number of amides is 1. The number of hydrogen-bond donors (Lipinski definition) is 9. The van der Waals surface area contributed by atoms with Crippen LogP contribution in [0.2, 0.25) is 0 Å². The van der Waals surface area contributed by atoms with Crippen molar-refractivity contribution in [3.8, 4) is 0 Å². The quantitative estimate of drug-likeness (QED) is 0.0866. The van der Waals surface area contributed by atoms with Crippen molar-refractivity contribution in [2.75, 3.05) is 19.8 Å². The van der Waals surface area contributed by atoms with Gasteiger partial charge in [-0.05, 0) is 6.42 Å². The van der Waals surface area contributed by atoms with Gasteiger partial charge in [-0.15, -0.1) is 0 Å². The molecule has 0 unspecified atom stereocenters. The third-order valence-electron chi connectivity index (χ3n) is 6.46. The predicted molar refractivity (Wildman–Crippen MR) is 129 cm³/mol. The Hall–Kier alpha value is -0.930. The zero-order valence-corrected chi connectivity index (χ0v) is 21.2. The molecule has 12 heteroatoms. The SMILES string of the molecule is CCCCCCCCCCCCNC(=O)[C@H](O)[C@@H](O)[C@@H](O[C@@H]1O[C@H](CO)[C@H](O)[C@H](O)[C@H]1O)[C@H](O)CO. The fourth-order valence-corrected chi connectivity index (χ4v) is 4.10. The molecule has 0 aliphatic carbocycles. The summed E-state index contributed by atoms with van der Waals surface area (Å²) < 4.78 is 10.5. The highest BCUT2D eigenvalue weighted by Gasteiger charge is 2.47. The van der Waals surface area contributed by atoms with E-state index >= 15 is 0 Å². The third-order valence-corrected chi connectivity index (χ3v) is 6.46. The molecule has 1 amide bonds. The van der Waals surface area contributed by atoms with E-state index in [1.807, 2.05) is 0 Å². The molecule has 1 heterocycles. The molecule has 0 saturated carbocycles. The van der Waals surface area contributed by atoms with Crippen LogP contribution in [0, 0.1) is 0 Å². The van der Waals surface area contributed by atoms with Crippen LogP contribution in [0.1, 0.15) is 71.1 Å². The average molecular weight is 526 g/mol. The maximum absolute atomic E-state index is 12.3. The lowest BCUT2D eigenvalue weighted by atomic mass is 9.98. The first-order chi connectivity index (χ1) is 17.2. The minimum absolute atomic E-state index is 0.278. The second kappa shape index (κ2) is 18.3. The normalized spacial score (nSPS) is 27.9. The van der Waals surface area contributed by atoms with E-state index in [1.54, 1.807) is 0 Å². The van der Waals surface area contributed by atoms with Crippen molar-refractivity contribution in [2.45, 2.75) is 126 Å². The number of aliphatic hydroxyl groups is 8. The summed E-state index contributed by atoms with van der Waals surface area (Å²) in [6.45, 7) is 0.809. The summed E-state index contributed by atoms with van der Waals surface area (Å²) in [7, 11) is 0. The summed E-state index contributed by atoms with van der Waals surface area (Å²) in [4.78, 5) is 12.3. The Morgan fingerprint density at radius 2 is 1.42 bits per heavy atom. The van der Waals surface area contributed by atoms with Crippen molar-refractivity contribution in [2.24, 2.45) is 0 Å². The van der Waals surface area contributed by atoms with Crippen molar-refractivity contribution in [3.63, 3.8) is 0 Å². The molecule has 0 aromatic heterocycles. The third kappa shape index (κ3) is 10.8. The second-order valence-corrected chi connectivity index (χ2v) is 9.46. The largest absolute Gasteiger partial charge is 0.394 e. The van der Waals surface area contributed by atoms with Crippen LogP contribution < -0.4 is 5.32 Å². The van der Waals surface area contributed by atoms with Crippen molar-refractivity contribution >= 4 is 5.91 Å². The summed E-state index contributed by atoms with van der Waals surface area (Å²) in [5.41, 5.74) is 0. The summed E-state index contributed by atoms with van der Waals surface area (Å²) in [6, 6.07) is 0. The molecule has 1 saturated heterocycles. The van der Waals surface area contributed by atoms with Gasteiger partial charge < -0.3 is 55.6 Å². The topological polar surface area (TPSA) is 209 Å². The van der Waals surface area contributed by atoms with Gasteiger partial charge in [0.25, 0.3) is 5.91 Å². The Labute approximate surface area is 212 Å². The van der Waals surface area contributed by atoms with Gasteiger partial charge in [0.05, 0.1) is 13.2 Å². The van der Waals surface area contributed by atoms with E-state index in [1.165, 1.54) is 38.5 Å². The standard InChI is InChI=1S/C24H47NO11/c1-2-3-4-5-6-7-8-9-10-11-12-25-23(34)20(32)19(31)22(15(28)13-26)36-24-21(33)18(30)17(29)16(14-27)35-24/h15-22,24,26-33H,2-14H2,1H3,(H,25,34)/t15-,16-,17+,18+,19-,20-,21-,22+,24+/m1/s1. The number of carbonyl (C=O) groups excluding carboxylic acids is 1.